The Morgan fingerprint density at radius 1 is 0.947 bits per heavy atom. The summed E-state index contributed by atoms with van der Waals surface area (Å²) in [5, 5.41) is 9.43. The van der Waals surface area contributed by atoms with E-state index in [0.29, 0.717) is 22.4 Å². The first-order valence-electron chi connectivity index (χ1n) is 11.2. The van der Waals surface area contributed by atoms with Gasteiger partial charge in [0.05, 0.1) is 23.9 Å². The molecule has 0 amide bonds. The SMILES string of the molecule is COc1ccc(C(=O)c2c(C)n(-c3cc(F)cc(O[C@@H](C)C(=O)O)c3)c3cc(OC(F)(F)F)ccc23)cc1. The van der Waals surface area contributed by atoms with E-state index in [-0.39, 0.29) is 22.5 Å². The van der Waals surface area contributed by atoms with Gasteiger partial charge in [-0.2, -0.15) is 0 Å². The number of carboxylic acids is 1. The molecule has 0 saturated heterocycles. The molecule has 0 unspecified atom stereocenters. The van der Waals surface area contributed by atoms with Gasteiger partial charge < -0.3 is 23.9 Å². The second kappa shape index (κ2) is 10.1. The van der Waals surface area contributed by atoms with Gasteiger partial charge in [0.15, 0.2) is 11.9 Å². The minimum Gasteiger partial charge on any atom is -0.497 e. The highest BCUT2D eigenvalue weighted by Gasteiger charge is 2.32. The molecule has 0 aliphatic rings. The molecule has 1 aromatic heterocycles. The van der Waals surface area contributed by atoms with Crippen molar-refractivity contribution in [2.45, 2.75) is 26.3 Å². The summed E-state index contributed by atoms with van der Waals surface area (Å²) in [6.07, 6.45) is -6.26. The number of hydrogen-bond acceptors (Lipinski definition) is 5. The van der Waals surface area contributed by atoms with Crippen LogP contribution >= 0.6 is 0 Å². The van der Waals surface area contributed by atoms with Crippen molar-refractivity contribution in [2.75, 3.05) is 7.11 Å². The van der Waals surface area contributed by atoms with E-state index >= 15 is 0 Å². The molecule has 3 aromatic carbocycles. The van der Waals surface area contributed by atoms with Crippen molar-refractivity contribution in [1.29, 1.82) is 0 Å². The van der Waals surface area contributed by atoms with Crippen LogP contribution in [0, 0.1) is 12.7 Å². The second-order valence-electron chi connectivity index (χ2n) is 8.32. The summed E-state index contributed by atoms with van der Waals surface area (Å²) in [7, 11) is 1.48. The number of carbonyl (C=O) groups excluding carboxylic acids is 1. The number of halogens is 4. The molecular formula is C27H21F4NO6. The highest BCUT2D eigenvalue weighted by molar-refractivity contribution is 6.18. The van der Waals surface area contributed by atoms with Gasteiger partial charge in [0.25, 0.3) is 0 Å². The van der Waals surface area contributed by atoms with E-state index in [0.717, 1.165) is 24.3 Å². The molecule has 198 valence electrons. The molecule has 11 heteroatoms. The van der Waals surface area contributed by atoms with Gasteiger partial charge in [-0.1, -0.05) is 0 Å². The van der Waals surface area contributed by atoms with Crippen LogP contribution in [-0.2, 0) is 4.79 Å². The fourth-order valence-corrected chi connectivity index (χ4v) is 4.10. The lowest BCUT2D eigenvalue weighted by Crippen LogP contribution is -2.23. The van der Waals surface area contributed by atoms with Crippen molar-refractivity contribution in [1.82, 2.24) is 4.57 Å². The number of carbonyl (C=O) groups is 2. The Bertz CT molecular complexity index is 1530. The Hall–Kier alpha value is -4.54. The van der Waals surface area contributed by atoms with Crippen molar-refractivity contribution < 1.29 is 46.5 Å². The summed E-state index contributed by atoms with van der Waals surface area (Å²) in [5.41, 5.74) is 0.992. The first-order chi connectivity index (χ1) is 17.9. The van der Waals surface area contributed by atoms with Crippen LogP contribution < -0.4 is 14.2 Å². The smallest absolute Gasteiger partial charge is 0.497 e. The van der Waals surface area contributed by atoms with E-state index in [4.69, 9.17) is 14.6 Å². The van der Waals surface area contributed by atoms with E-state index < -0.39 is 35.8 Å². The van der Waals surface area contributed by atoms with Crippen molar-refractivity contribution in [3.8, 4) is 22.9 Å². The number of aromatic nitrogens is 1. The molecule has 0 bridgehead atoms. The predicted molar refractivity (Wildman–Crippen MR) is 129 cm³/mol. The second-order valence-corrected chi connectivity index (χ2v) is 8.32. The molecule has 1 heterocycles. The quantitative estimate of drug-likeness (QED) is 0.220. The molecule has 7 nitrogen and oxygen atoms in total. The number of alkyl halides is 3. The first-order valence-corrected chi connectivity index (χ1v) is 11.2. The lowest BCUT2D eigenvalue weighted by molar-refractivity contribution is -0.274. The molecule has 0 radical (unpaired) electrons. The van der Waals surface area contributed by atoms with Crippen molar-refractivity contribution >= 4 is 22.7 Å². The number of carboxylic acid groups (broad SMARTS) is 1. The summed E-state index contributed by atoms with van der Waals surface area (Å²) in [5.74, 6) is -2.63. The maximum atomic E-state index is 14.6. The molecule has 1 atom stereocenters. The third-order valence-electron chi connectivity index (χ3n) is 5.76. The van der Waals surface area contributed by atoms with Crippen LogP contribution in [-0.4, -0.2) is 41.0 Å². The molecule has 1 N–H and O–H groups in total. The number of hydrogen-bond donors (Lipinski definition) is 1. The van der Waals surface area contributed by atoms with E-state index in [1.165, 1.54) is 30.7 Å². The maximum Gasteiger partial charge on any atom is 0.573 e. The van der Waals surface area contributed by atoms with Gasteiger partial charge in [0.1, 0.15) is 23.1 Å². The average Bonchev–Trinajstić information content (AvgIpc) is 3.13. The third-order valence-corrected chi connectivity index (χ3v) is 5.76. The standard InChI is InChI=1S/C27H21F4NO6/c1-14-24(25(33)16-4-6-19(36-3)7-5-16)22-9-8-20(38-27(29,30)31)13-23(22)32(14)18-10-17(28)11-21(12-18)37-15(2)26(34)35/h4-13,15H,1-3H3,(H,34,35)/t15-/m0/s1. The fraction of sp³-hybridized carbons (Fsp3) is 0.185. The van der Waals surface area contributed by atoms with E-state index in [1.807, 2.05) is 0 Å². The molecule has 4 rings (SSSR count). The van der Waals surface area contributed by atoms with E-state index in [2.05, 4.69) is 4.74 Å². The predicted octanol–water partition coefficient (Wildman–Crippen LogP) is 6.07. The molecule has 38 heavy (non-hydrogen) atoms. The first kappa shape index (κ1) is 26.5. The number of rotatable bonds is 8. The number of fused-ring (bicyclic) bond motifs is 1. The van der Waals surface area contributed by atoms with Crippen LogP contribution in [0.15, 0.2) is 60.7 Å². The zero-order valence-corrected chi connectivity index (χ0v) is 20.3. The Kier molecular flexibility index (Phi) is 7.03. The maximum absolute atomic E-state index is 14.6. The molecule has 0 aliphatic carbocycles. The van der Waals surface area contributed by atoms with Gasteiger partial charge in [0, 0.05) is 34.8 Å². The van der Waals surface area contributed by atoms with Gasteiger partial charge in [0.2, 0.25) is 0 Å². The largest absolute Gasteiger partial charge is 0.573 e. The monoisotopic (exact) mass is 531 g/mol. The Labute approximate surface area is 213 Å². The molecule has 0 fully saturated rings. The van der Waals surface area contributed by atoms with E-state index in [9.17, 15) is 27.2 Å². The number of nitrogens with zero attached hydrogens (tertiary/aromatic N) is 1. The highest BCUT2D eigenvalue weighted by atomic mass is 19.4. The van der Waals surface area contributed by atoms with Gasteiger partial charge in [-0.15, -0.1) is 13.2 Å². The summed E-state index contributed by atoms with van der Waals surface area (Å²) in [6.45, 7) is 2.82. The number of ketones is 1. The number of ether oxygens (including phenoxy) is 3. The van der Waals surface area contributed by atoms with Gasteiger partial charge in [-0.3, -0.25) is 4.79 Å². The lowest BCUT2D eigenvalue weighted by atomic mass is 10.0. The Morgan fingerprint density at radius 3 is 2.21 bits per heavy atom. The molecular weight excluding hydrogens is 510 g/mol. The summed E-state index contributed by atoms with van der Waals surface area (Å²) >= 11 is 0. The zero-order valence-electron chi connectivity index (χ0n) is 20.3. The average molecular weight is 531 g/mol. The van der Waals surface area contributed by atoms with Crippen LogP contribution in [0.2, 0.25) is 0 Å². The Balaban J connectivity index is 1.94. The van der Waals surface area contributed by atoms with Crippen LogP contribution in [0.4, 0.5) is 17.6 Å². The van der Waals surface area contributed by atoms with Gasteiger partial charge in [-0.25, -0.2) is 9.18 Å². The summed E-state index contributed by atoms with van der Waals surface area (Å²) < 4.78 is 69.3. The summed E-state index contributed by atoms with van der Waals surface area (Å²) in [6, 6.07) is 13.2. The number of methoxy groups -OCH3 is 1. The van der Waals surface area contributed by atoms with Crippen molar-refractivity contribution in [3.05, 3.63) is 83.3 Å². The minimum absolute atomic E-state index is 0.0954. The van der Waals surface area contributed by atoms with Crippen molar-refractivity contribution in [2.24, 2.45) is 0 Å². The van der Waals surface area contributed by atoms with E-state index in [1.54, 1.807) is 31.2 Å². The van der Waals surface area contributed by atoms with Crippen LogP contribution in [0.5, 0.6) is 17.2 Å². The summed E-state index contributed by atoms with van der Waals surface area (Å²) in [4.78, 5) is 24.8. The van der Waals surface area contributed by atoms with Crippen LogP contribution in [0.25, 0.3) is 16.6 Å². The normalized spacial score (nSPS) is 12.3. The van der Waals surface area contributed by atoms with Gasteiger partial charge >= 0.3 is 12.3 Å². The van der Waals surface area contributed by atoms with Crippen molar-refractivity contribution in [3.63, 3.8) is 0 Å². The fourth-order valence-electron chi connectivity index (χ4n) is 4.10. The number of aliphatic carboxylic acids is 1. The molecule has 4 aromatic rings. The van der Waals surface area contributed by atoms with Gasteiger partial charge in [-0.05, 0) is 56.3 Å². The molecule has 0 saturated carbocycles. The third kappa shape index (κ3) is 5.41. The van der Waals surface area contributed by atoms with Crippen LogP contribution in [0.1, 0.15) is 28.5 Å². The Morgan fingerprint density at radius 2 is 1.61 bits per heavy atom. The molecule has 0 aliphatic heterocycles. The molecule has 0 spiro atoms. The zero-order chi connectivity index (χ0) is 27.8. The number of benzene rings is 3. The van der Waals surface area contributed by atoms with Crippen LogP contribution in [0.3, 0.4) is 0 Å². The topological polar surface area (TPSA) is 87.0 Å². The minimum atomic E-state index is -4.96. The lowest BCUT2D eigenvalue weighted by Gasteiger charge is -2.15. The highest BCUT2D eigenvalue weighted by Crippen LogP contribution is 2.36.